The lowest BCUT2D eigenvalue weighted by atomic mass is 10.2. The van der Waals surface area contributed by atoms with Crippen LogP contribution >= 0.6 is 0 Å². The Morgan fingerprint density at radius 1 is 1.82 bits per heavy atom. The van der Waals surface area contributed by atoms with E-state index in [0.29, 0.717) is 6.42 Å². The van der Waals surface area contributed by atoms with Gasteiger partial charge in [0.15, 0.2) is 6.04 Å². The predicted octanol–water partition coefficient (Wildman–Crippen LogP) is 0.194. The van der Waals surface area contributed by atoms with Crippen LogP contribution in [0.2, 0.25) is 0 Å². The van der Waals surface area contributed by atoms with Crippen LogP contribution in [0.25, 0.3) is 0 Å². The second kappa shape index (κ2) is 2.90. The zero-order valence-electron chi connectivity index (χ0n) is 6.74. The van der Waals surface area contributed by atoms with Crippen LogP contribution in [0.4, 0.5) is 0 Å². The summed E-state index contributed by atoms with van der Waals surface area (Å²) in [7, 11) is 1.91. The van der Waals surface area contributed by atoms with E-state index in [1.807, 2.05) is 18.9 Å². The standard InChI is InChI=1S/C7H12N2O2/c1-5-8-6(7(10)11)3-4-9(5)2/h6H,3-4H2,1-2H3,(H,10,11)/t6-/m0/s1. The fourth-order valence-corrected chi connectivity index (χ4v) is 1.05. The maximum atomic E-state index is 10.5. The van der Waals surface area contributed by atoms with Gasteiger partial charge in [0.05, 0.1) is 5.84 Å². The molecule has 1 aliphatic heterocycles. The number of carboxylic acids is 1. The van der Waals surface area contributed by atoms with E-state index in [1.165, 1.54) is 0 Å². The molecule has 0 amide bonds. The van der Waals surface area contributed by atoms with Gasteiger partial charge in [-0.1, -0.05) is 0 Å². The van der Waals surface area contributed by atoms with E-state index >= 15 is 0 Å². The molecule has 0 bridgehead atoms. The number of rotatable bonds is 1. The molecule has 1 atom stereocenters. The summed E-state index contributed by atoms with van der Waals surface area (Å²) in [5, 5.41) is 8.62. The van der Waals surface area contributed by atoms with E-state index in [9.17, 15) is 4.79 Å². The van der Waals surface area contributed by atoms with Crippen LogP contribution in [0.5, 0.6) is 0 Å². The van der Waals surface area contributed by atoms with Gasteiger partial charge in [0.25, 0.3) is 0 Å². The zero-order chi connectivity index (χ0) is 8.43. The lowest BCUT2D eigenvalue weighted by Gasteiger charge is -2.25. The summed E-state index contributed by atoms with van der Waals surface area (Å²) in [4.78, 5) is 16.4. The summed E-state index contributed by atoms with van der Waals surface area (Å²) in [5.41, 5.74) is 0. The maximum Gasteiger partial charge on any atom is 0.328 e. The van der Waals surface area contributed by atoms with Gasteiger partial charge in [0.1, 0.15) is 0 Å². The normalized spacial score (nSPS) is 24.7. The highest BCUT2D eigenvalue weighted by molar-refractivity contribution is 5.85. The molecule has 0 unspecified atom stereocenters. The Bertz CT molecular complexity index is 201. The molecule has 1 aliphatic rings. The monoisotopic (exact) mass is 156 g/mol. The number of carbonyl (C=O) groups is 1. The van der Waals surface area contributed by atoms with Gasteiger partial charge in [-0.3, -0.25) is 4.99 Å². The fraction of sp³-hybridized carbons (Fsp3) is 0.714. The molecule has 4 heteroatoms. The van der Waals surface area contributed by atoms with Gasteiger partial charge in [0.2, 0.25) is 0 Å². The SMILES string of the molecule is CC1=N[C@H](C(=O)O)CCN1C. The number of nitrogens with zero attached hydrogens (tertiary/aromatic N) is 2. The van der Waals surface area contributed by atoms with Crippen molar-refractivity contribution in [1.82, 2.24) is 4.90 Å². The summed E-state index contributed by atoms with van der Waals surface area (Å²) in [6, 6.07) is -0.522. The van der Waals surface area contributed by atoms with Gasteiger partial charge in [-0.05, 0) is 13.3 Å². The number of aliphatic carboxylic acids is 1. The van der Waals surface area contributed by atoms with Crippen molar-refractivity contribution in [3.63, 3.8) is 0 Å². The Balaban J connectivity index is 2.69. The number of carboxylic acid groups (broad SMARTS) is 1. The van der Waals surface area contributed by atoms with Crippen molar-refractivity contribution < 1.29 is 9.90 Å². The van der Waals surface area contributed by atoms with E-state index in [2.05, 4.69) is 4.99 Å². The van der Waals surface area contributed by atoms with Crippen molar-refractivity contribution in [2.24, 2.45) is 4.99 Å². The molecule has 1 heterocycles. The quantitative estimate of drug-likeness (QED) is 0.589. The van der Waals surface area contributed by atoms with Gasteiger partial charge >= 0.3 is 5.97 Å². The summed E-state index contributed by atoms with van der Waals surface area (Å²) < 4.78 is 0. The molecular formula is C7H12N2O2. The van der Waals surface area contributed by atoms with Crippen molar-refractivity contribution in [1.29, 1.82) is 0 Å². The molecule has 1 rings (SSSR count). The lowest BCUT2D eigenvalue weighted by Crippen LogP contribution is -2.36. The largest absolute Gasteiger partial charge is 0.480 e. The third-order valence-electron chi connectivity index (χ3n) is 1.92. The van der Waals surface area contributed by atoms with Crippen LogP contribution in [0.3, 0.4) is 0 Å². The molecule has 0 saturated carbocycles. The molecule has 0 aromatic heterocycles. The Morgan fingerprint density at radius 3 is 2.91 bits per heavy atom. The molecule has 0 aliphatic carbocycles. The average Bonchev–Trinajstić information content (AvgIpc) is 1.94. The van der Waals surface area contributed by atoms with Gasteiger partial charge in [-0.2, -0.15) is 0 Å². The van der Waals surface area contributed by atoms with Crippen molar-refractivity contribution >= 4 is 11.8 Å². The van der Waals surface area contributed by atoms with Crippen LogP contribution in [-0.2, 0) is 4.79 Å². The van der Waals surface area contributed by atoms with Gasteiger partial charge < -0.3 is 10.0 Å². The fourth-order valence-electron chi connectivity index (χ4n) is 1.05. The number of hydrogen-bond donors (Lipinski definition) is 1. The molecular weight excluding hydrogens is 144 g/mol. The summed E-state index contributed by atoms with van der Waals surface area (Å²) in [6.07, 6.45) is 0.614. The average molecular weight is 156 g/mol. The van der Waals surface area contributed by atoms with Crippen molar-refractivity contribution in [3.8, 4) is 0 Å². The summed E-state index contributed by atoms with van der Waals surface area (Å²) in [6.45, 7) is 2.61. The molecule has 0 fully saturated rings. The smallest absolute Gasteiger partial charge is 0.328 e. The van der Waals surface area contributed by atoms with Crippen molar-refractivity contribution in [3.05, 3.63) is 0 Å². The minimum Gasteiger partial charge on any atom is -0.480 e. The lowest BCUT2D eigenvalue weighted by molar-refractivity contribution is -0.138. The molecule has 4 nitrogen and oxygen atoms in total. The first-order chi connectivity index (χ1) is 5.11. The van der Waals surface area contributed by atoms with Crippen LogP contribution in [0, 0.1) is 0 Å². The van der Waals surface area contributed by atoms with E-state index < -0.39 is 12.0 Å². The van der Waals surface area contributed by atoms with Crippen LogP contribution in [0.15, 0.2) is 4.99 Å². The minimum absolute atomic E-state index is 0.522. The van der Waals surface area contributed by atoms with E-state index in [4.69, 9.17) is 5.11 Å². The van der Waals surface area contributed by atoms with Gasteiger partial charge in [-0.25, -0.2) is 4.79 Å². The van der Waals surface area contributed by atoms with Gasteiger partial charge in [-0.15, -0.1) is 0 Å². The molecule has 0 radical (unpaired) electrons. The molecule has 62 valence electrons. The first-order valence-corrected chi connectivity index (χ1v) is 3.59. The molecule has 0 saturated heterocycles. The Kier molecular flexibility index (Phi) is 2.12. The molecule has 0 aromatic carbocycles. The number of hydrogen-bond acceptors (Lipinski definition) is 3. The van der Waals surface area contributed by atoms with E-state index in [1.54, 1.807) is 0 Å². The van der Waals surface area contributed by atoms with Crippen molar-refractivity contribution in [2.45, 2.75) is 19.4 Å². The number of aliphatic imine (C=N–C) groups is 1. The predicted molar refractivity (Wildman–Crippen MR) is 41.8 cm³/mol. The van der Waals surface area contributed by atoms with E-state index in [0.717, 1.165) is 12.4 Å². The second-order valence-electron chi connectivity index (χ2n) is 2.74. The minimum atomic E-state index is -0.822. The topological polar surface area (TPSA) is 52.9 Å². The highest BCUT2D eigenvalue weighted by atomic mass is 16.4. The highest BCUT2D eigenvalue weighted by Crippen LogP contribution is 2.07. The Morgan fingerprint density at radius 2 is 2.45 bits per heavy atom. The van der Waals surface area contributed by atoms with Crippen molar-refractivity contribution in [2.75, 3.05) is 13.6 Å². The maximum absolute atomic E-state index is 10.5. The summed E-state index contributed by atoms with van der Waals surface area (Å²) in [5.74, 6) is -0.0129. The number of amidine groups is 1. The highest BCUT2D eigenvalue weighted by Gasteiger charge is 2.21. The third-order valence-corrected chi connectivity index (χ3v) is 1.92. The first-order valence-electron chi connectivity index (χ1n) is 3.59. The van der Waals surface area contributed by atoms with Crippen LogP contribution in [-0.4, -0.2) is 41.4 Å². The zero-order valence-corrected chi connectivity index (χ0v) is 6.74. The molecule has 0 aromatic rings. The van der Waals surface area contributed by atoms with E-state index in [-0.39, 0.29) is 0 Å². The molecule has 11 heavy (non-hydrogen) atoms. The van der Waals surface area contributed by atoms with Crippen LogP contribution in [0.1, 0.15) is 13.3 Å². The molecule has 0 spiro atoms. The third kappa shape index (κ3) is 1.69. The van der Waals surface area contributed by atoms with Gasteiger partial charge in [0, 0.05) is 13.6 Å². The second-order valence-corrected chi connectivity index (χ2v) is 2.74. The summed E-state index contributed by atoms with van der Waals surface area (Å²) >= 11 is 0. The first kappa shape index (κ1) is 8.04. The van der Waals surface area contributed by atoms with Crippen LogP contribution < -0.4 is 0 Å². The Labute approximate surface area is 65.5 Å². The Hall–Kier alpha value is -1.06. The molecule has 1 N–H and O–H groups in total.